The quantitative estimate of drug-likeness (QED) is 0.793. The number of aryl methyl sites for hydroxylation is 1. The summed E-state index contributed by atoms with van der Waals surface area (Å²) < 4.78 is 28.7. The Balaban J connectivity index is 2.34. The number of hydrogen-bond acceptors (Lipinski definition) is 3. The molecule has 20 heavy (non-hydrogen) atoms. The van der Waals surface area contributed by atoms with Gasteiger partial charge in [-0.3, -0.25) is 0 Å². The number of H-pyrrole nitrogens is 1. The van der Waals surface area contributed by atoms with Gasteiger partial charge in [0.25, 0.3) is 0 Å². The number of nitrogens with zero attached hydrogens (tertiary/aromatic N) is 1. The maximum Gasteiger partial charge on any atom is 0.242 e. The summed E-state index contributed by atoms with van der Waals surface area (Å²) in [6, 6.07) is 2.90. The van der Waals surface area contributed by atoms with Crippen molar-refractivity contribution in [1.29, 1.82) is 0 Å². The molecule has 0 amide bonds. The highest BCUT2D eigenvalue weighted by atomic mass is 79.9. The fourth-order valence-corrected chi connectivity index (χ4v) is 4.59. The zero-order valence-electron chi connectivity index (χ0n) is 10.8. The number of imidazole rings is 1. The Kier molecular flexibility index (Phi) is 4.68. The van der Waals surface area contributed by atoms with Crippen LogP contribution in [0.4, 0.5) is 0 Å². The maximum absolute atomic E-state index is 12.4. The van der Waals surface area contributed by atoms with Gasteiger partial charge in [-0.25, -0.2) is 18.1 Å². The van der Waals surface area contributed by atoms with Crippen LogP contribution >= 0.6 is 31.9 Å². The fourth-order valence-electron chi connectivity index (χ4n) is 1.70. The first-order valence-corrected chi connectivity index (χ1v) is 8.85. The third-order valence-corrected chi connectivity index (χ3v) is 6.12. The topological polar surface area (TPSA) is 74.8 Å². The van der Waals surface area contributed by atoms with E-state index in [2.05, 4.69) is 46.5 Å². The number of halogens is 2. The van der Waals surface area contributed by atoms with Crippen molar-refractivity contribution in [3.63, 3.8) is 0 Å². The summed E-state index contributed by atoms with van der Waals surface area (Å²) in [7, 11) is -3.64. The van der Waals surface area contributed by atoms with Crippen molar-refractivity contribution in [2.45, 2.75) is 24.8 Å². The highest BCUT2D eigenvalue weighted by Crippen LogP contribution is 2.29. The van der Waals surface area contributed by atoms with Crippen molar-refractivity contribution >= 4 is 41.9 Å². The Morgan fingerprint density at radius 1 is 1.30 bits per heavy atom. The molecule has 0 aliphatic rings. The second-order valence-electron chi connectivity index (χ2n) is 4.35. The van der Waals surface area contributed by atoms with Gasteiger partial charge >= 0.3 is 0 Å². The van der Waals surface area contributed by atoms with Crippen LogP contribution in [0.15, 0.2) is 38.4 Å². The van der Waals surface area contributed by atoms with Gasteiger partial charge in [-0.05, 0) is 47.5 Å². The van der Waals surface area contributed by atoms with Crippen LogP contribution in [0.25, 0.3) is 0 Å². The predicted molar refractivity (Wildman–Crippen MR) is 83.9 cm³/mol. The molecule has 1 unspecified atom stereocenters. The molecule has 0 aliphatic carbocycles. The second-order valence-corrected chi connectivity index (χ2v) is 7.74. The molecule has 0 saturated heterocycles. The molecule has 8 heteroatoms. The van der Waals surface area contributed by atoms with Crippen molar-refractivity contribution < 1.29 is 8.42 Å². The summed E-state index contributed by atoms with van der Waals surface area (Å²) in [5, 5.41) is 0. The van der Waals surface area contributed by atoms with Gasteiger partial charge in [0, 0.05) is 21.3 Å². The molecule has 1 aromatic carbocycles. The molecule has 0 saturated carbocycles. The molecule has 108 valence electrons. The largest absolute Gasteiger partial charge is 0.347 e. The smallest absolute Gasteiger partial charge is 0.242 e. The summed E-state index contributed by atoms with van der Waals surface area (Å²) in [5.41, 5.74) is 0.954. The average molecular weight is 423 g/mol. The summed E-state index contributed by atoms with van der Waals surface area (Å²) in [6.07, 6.45) is 3.23. The van der Waals surface area contributed by atoms with Gasteiger partial charge in [0.1, 0.15) is 5.82 Å². The van der Waals surface area contributed by atoms with E-state index in [1.165, 1.54) is 0 Å². The van der Waals surface area contributed by atoms with Gasteiger partial charge in [0.15, 0.2) is 0 Å². The van der Waals surface area contributed by atoms with Crippen molar-refractivity contribution in [2.24, 2.45) is 0 Å². The lowest BCUT2D eigenvalue weighted by Gasteiger charge is -2.14. The second kappa shape index (κ2) is 5.97. The minimum Gasteiger partial charge on any atom is -0.347 e. The Morgan fingerprint density at radius 2 is 2.00 bits per heavy atom. The number of rotatable bonds is 4. The Morgan fingerprint density at radius 3 is 2.60 bits per heavy atom. The highest BCUT2D eigenvalue weighted by Gasteiger charge is 2.22. The summed E-state index contributed by atoms with van der Waals surface area (Å²) >= 11 is 6.64. The lowest BCUT2D eigenvalue weighted by molar-refractivity contribution is 0.560. The molecular formula is C12H13Br2N3O2S. The monoisotopic (exact) mass is 421 g/mol. The van der Waals surface area contributed by atoms with E-state index in [1.54, 1.807) is 31.5 Å². The van der Waals surface area contributed by atoms with E-state index < -0.39 is 16.1 Å². The highest BCUT2D eigenvalue weighted by molar-refractivity contribution is 9.11. The lowest BCUT2D eigenvalue weighted by atomic mass is 10.2. The van der Waals surface area contributed by atoms with E-state index in [4.69, 9.17) is 0 Å². The molecule has 1 heterocycles. The van der Waals surface area contributed by atoms with Gasteiger partial charge in [0.05, 0.1) is 10.9 Å². The SMILES string of the molecule is Cc1cc(Br)c(S(=O)(=O)NC(C)c2ncc[nH]2)cc1Br. The Hall–Kier alpha value is -0.700. The van der Waals surface area contributed by atoms with Crippen molar-refractivity contribution in [2.75, 3.05) is 0 Å². The molecule has 1 aromatic heterocycles. The molecule has 0 spiro atoms. The molecular weight excluding hydrogens is 410 g/mol. The number of hydrogen-bond donors (Lipinski definition) is 2. The van der Waals surface area contributed by atoms with Crippen LogP contribution in [0.3, 0.4) is 0 Å². The number of sulfonamides is 1. The number of aromatic amines is 1. The molecule has 2 aromatic rings. The normalized spacial score (nSPS) is 13.4. The summed E-state index contributed by atoms with van der Waals surface area (Å²) in [5.74, 6) is 0.566. The number of benzene rings is 1. The van der Waals surface area contributed by atoms with E-state index in [1.807, 2.05) is 6.92 Å². The molecule has 0 fully saturated rings. The summed E-state index contributed by atoms with van der Waals surface area (Å²) in [6.45, 7) is 3.62. The van der Waals surface area contributed by atoms with Crippen LogP contribution in [-0.4, -0.2) is 18.4 Å². The van der Waals surface area contributed by atoms with E-state index in [0.29, 0.717) is 10.3 Å². The van der Waals surface area contributed by atoms with Gasteiger partial charge in [0.2, 0.25) is 10.0 Å². The third-order valence-electron chi connectivity index (χ3n) is 2.76. The van der Waals surface area contributed by atoms with Crippen molar-refractivity contribution in [3.05, 3.63) is 44.9 Å². The first kappa shape index (κ1) is 15.7. The summed E-state index contributed by atoms with van der Waals surface area (Å²) in [4.78, 5) is 7.12. The number of aromatic nitrogens is 2. The van der Waals surface area contributed by atoms with Crippen molar-refractivity contribution in [3.8, 4) is 0 Å². The lowest BCUT2D eigenvalue weighted by Crippen LogP contribution is -2.28. The van der Waals surface area contributed by atoms with E-state index in [9.17, 15) is 8.42 Å². The minimum absolute atomic E-state index is 0.188. The van der Waals surface area contributed by atoms with Crippen LogP contribution in [0.1, 0.15) is 24.4 Å². The van der Waals surface area contributed by atoms with Crippen molar-refractivity contribution in [1.82, 2.24) is 14.7 Å². The molecule has 0 radical (unpaired) electrons. The first-order valence-electron chi connectivity index (χ1n) is 5.78. The molecule has 2 N–H and O–H groups in total. The maximum atomic E-state index is 12.4. The van der Waals surface area contributed by atoms with Gasteiger partial charge < -0.3 is 4.98 Å². The number of nitrogens with one attached hydrogen (secondary N) is 2. The standard InChI is InChI=1S/C12H13Br2N3O2S/c1-7-5-10(14)11(6-9(7)13)20(18,19)17-8(2)12-15-3-4-16-12/h3-6,8,17H,1-2H3,(H,15,16). The van der Waals surface area contributed by atoms with Gasteiger partial charge in [-0.1, -0.05) is 15.9 Å². The Labute approximate surface area is 134 Å². The zero-order valence-corrected chi connectivity index (χ0v) is 14.8. The molecule has 5 nitrogen and oxygen atoms in total. The van der Waals surface area contributed by atoms with Gasteiger partial charge in [-0.15, -0.1) is 0 Å². The zero-order chi connectivity index (χ0) is 14.9. The van der Waals surface area contributed by atoms with Crippen LogP contribution in [0.5, 0.6) is 0 Å². The van der Waals surface area contributed by atoms with Gasteiger partial charge in [-0.2, -0.15) is 0 Å². The van der Waals surface area contributed by atoms with E-state index in [0.717, 1.165) is 10.0 Å². The predicted octanol–water partition coefficient (Wildman–Crippen LogP) is 3.28. The van der Waals surface area contributed by atoms with Crippen LogP contribution in [-0.2, 0) is 10.0 Å². The van der Waals surface area contributed by atoms with Crippen LogP contribution in [0, 0.1) is 6.92 Å². The minimum atomic E-state index is -3.64. The van der Waals surface area contributed by atoms with Crippen LogP contribution < -0.4 is 4.72 Å². The third kappa shape index (κ3) is 3.30. The fraction of sp³-hybridized carbons (Fsp3) is 0.250. The first-order chi connectivity index (χ1) is 9.31. The molecule has 0 aliphatic heterocycles. The van der Waals surface area contributed by atoms with E-state index >= 15 is 0 Å². The Bertz CT molecular complexity index is 715. The molecule has 2 rings (SSSR count). The average Bonchev–Trinajstić information content (AvgIpc) is 2.86. The van der Waals surface area contributed by atoms with E-state index in [-0.39, 0.29) is 4.90 Å². The van der Waals surface area contributed by atoms with Crippen LogP contribution in [0.2, 0.25) is 0 Å². The molecule has 1 atom stereocenters. The molecule has 0 bridgehead atoms.